The molecule has 2 rings (SSSR count). The molecule has 0 fully saturated rings. The van der Waals surface area contributed by atoms with Crippen molar-refractivity contribution in [1.82, 2.24) is 5.32 Å². The fourth-order valence-electron chi connectivity index (χ4n) is 2.90. The Bertz CT molecular complexity index is 833. The summed E-state index contributed by atoms with van der Waals surface area (Å²) in [5.74, 6) is 0.155. The van der Waals surface area contributed by atoms with Gasteiger partial charge in [0.2, 0.25) is 0 Å². The van der Waals surface area contributed by atoms with Gasteiger partial charge in [-0.2, -0.15) is 0 Å². The van der Waals surface area contributed by atoms with Crippen LogP contribution in [-0.4, -0.2) is 23.5 Å². The zero-order chi connectivity index (χ0) is 20.9. The topological polar surface area (TPSA) is 67.4 Å². The molecule has 0 aliphatic rings. The van der Waals surface area contributed by atoms with Crippen molar-refractivity contribution in [1.29, 1.82) is 0 Å². The number of ether oxygens (including phenoxy) is 1. The lowest BCUT2D eigenvalue weighted by atomic mass is 10.1. The summed E-state index contributed by atoms with van der Waals surface area (Å²) < 4.78 is 5.93. The van der Waals surface area contributed by atoms with Crippen molar-refractivity contribution in [2.75, 3.05) is 5.32 Å². The second-order valence-corrected chi connectivity index (χ2v) is 8.08. The number of carbonyl (C=O) groups excluding carboxylic acids is 2. The second-order valence-electron chi connectivity index (χ2n) is 8.08. The Labute approximate surface area is 167 Å². The van der Waals surface area contributed by atoms with Gasteiger partial charge < -0.3 is 15.4 Å². The first kappa shape index (κ1) is 21.5. The predicted octanol–water partition coefficient (Wildman–Crippen LogP) is 4.63. The van der Waals surface area contributed by atoms with Crippen molar-refractivity contribution >= 4 is 17.5 Å². The van der Waals surface area contributed by atoms with E-state index in [9.17, 15) is 9.59 Å². The molecule has 0 saturated heterocycles. The molecule has 0 heterocycles. The van der Waals surface area contributed by atoms with Crippen LogP contribution in [0.1, 0.15) is 55.6 Å². The highest BCUT2D eigenvalue weighted by Gasteiger charge is 2.22. The van der Waals surface area contributed by atoms with Crippen LogP contribution in [0.15, 0.2) is 42.5 Å². The van der Waals surface area contributed by atoms with Crippen LogP contribution >= 0.6 is 0 Å². The summed E-state index contributed by atoms with van der Waals surface area (Å²) >= 11 is 0. The van der Waals surface area contributed by atoms with Crippen LogP contribution in [0, 0.1) is 13.8 Å². The van der Waals surface area contributed by atoms with E-state index < -0.39 is 6.10 Å². The number of hydrogen-bond acceptors (Lipinski definition) is 3. The van der Waals surface area contributed by atoms with Crippen LogP contribution in [0.3, 0.4) is 0 Å². The maximum absolute atomic E-state index is 12.8. The summed E-state index contributed by atoms with van der Waals surface area (Å²) in [5.41, 5.74) is 2.68. The van der Waals surface area contributed by atoms with E-state index in [1.54, 1.807) is 24.3 Å². The number of carbonyl (C=O) groups is 2. The molecule has 0 saturated carbocycles. The SMILES string of the molecule is CC[C@H](Oc1cc(C)cc(C)c1)C(=O)Nc1ccccc1C(=O)NC(C)(C)C. The molecule has 150 valence electrons. The van der Waals surface area contributed by atoms with Crippen LogP contribution in [0.25, 0.3) is 0 Å². The Morgan fingerprint density at radius 1 is 1.04 bits per heavy atom. The summed E-state index contributed by atoms with van der Waals surface area (Å²) in [6.07, 6.45) is -0.144. The van der Waals surface area contributed by atoms with Gasteiger partial charge in [-0.15, -0.1) is 0 Å². The van der Waals surface area contributed by atoms with Gasteiger partial charge in [-0.05, 0) is 76.4 Å². The van der Waals surface area contributed by atoms with Crippen molar-refractivity contribution in [2.24, 2.45) is 0 Å². The third kappa shape index (κ3) is 6.12. The molecule has 0 radical (unpaired) electrons. The van der Waals surface area contributed by atoms with E-state index in [1.807, 2.05) is 53.7 Å². The first-order chi connectivity index (χ1) is 13.1. The second kappa shape index (κ2) is 8.91. The molecule has 5 heteroatoms. The van der Waals surface area contributed by atoms with Crippen LogP contribution in [0.5, 0.6) is 5.75 Å². The molecule has 2 N–H and O–H groups in total. The van der Waals surface area contributed by atoms with Gasteiger partial charge >= 0.3 is 0 Å². The van der Waals surface area contributed by atoms with Gasteiger partial charge in [0, 0.05) is 5.54 Å². The average molecular weight is 383 g/mol. The minimum absolute atomic E-state index is 0.230. The van der Waals surface area contributed by atoms with Crippen LogP contribution in [-0.2, 0) is 4.79 Å². The molecule has 0 spiro atoms. The minimum Gasteiger partial charge on any atom is -0.481 e. The van der Waals surface area contributed by atoms with E-state index in [0.717, 1.165) is 11.1 Å². The van der Waals surface area contributed by atoms with Crippen molar-refractivity contribution in [3.8, 4) is 5.75 Å². The lowest BCUT2D eigenvalue weighted by Crippen LogP contribution is -2.41. The van der Waals surface area contributed by atoms with Gasteiger partial charge in [-0.25, -0.2) is 0 Å². The highest BCUT2D eigenvalue weighted by molar-refractivity contribution is 6.04. The molecule has 0 aliphatic heterocycles. The zero-order valence-corrected chi connectivity index (χ0v) is 17.6. The lowest BCUT2D eigenvalue weighted by molar-refractivity contribution is -0.122. The quantitative estimate of drug-likeness (QED) is 0.765. The van der Waals surface area contributed by atoms with E-state index in [1.165, 1.54) is 0 Å². The Hall–Kier alpha value is -2.82. The van der Waals surface area contributed by atoms with E-state index in [4.69, 9.17) is 4.74 Å². The van der Waals surface area contributed by atoms with Gasteiger partial charge in [-0.3, -0.25) is 9.59 Å². The van der Waals surface area contributed by atoms with Crippen LogP contribution in [0.2, 0.25) is 0 Å². The largest absolute Gasteiger partial charge is 0.481 e. The van der Waals surface area contributed by atoms with E-state index >= 15 is 0 Å². The van der Waals surface area contributed by atoms with Crippen LogP contribution < -0.4 is 15.4 Å². The predicted molar refractivity (Wildman–Crippen MR) is 113 cm³/mol. The Kier molecular flexibility index (Phi) is 6.84. The Balaban J connectivity index is 2.17. The number of anilines is 1. The van der Waals surface area contributed by atoms with Gasteiger partial charge in [0.15, 0.2) is 6.10 Å². The molecule has 0 aliphatic carbocycles. The fourth-order valence-corrected chi connectivity index (χ4v) is 2.90. The van der Waals surface area contributed by atoms with Gasteiger partial charge in [0.25, 0.3) is 11.8 Å². The molecule has 2 aromatic rings. The molecule has 2 aromatic carbocycles. The van der Waals surface area contributed by atoms with Gasteiger partial charge in [-0.1, -0.05) is 25.1 Å². The third-order valence-corrected chi connectivity index (χ3v) is 4.05. The van der Waals surface area contributed by atoms with Crippen molar-refractivity contribution < 1.29 is 14.3 Å². The summed E-state index contributed by atoms with van der Waals surface area (Å²) in [5, 5.41) is 5.78. The van der Waals surface area contributed by atoms with E-state index in [0.29, 0.717) is 23.4 Å². The lowest BCUT2D eigenvalue weighted by Gasteiger charge is -2.22. The number of nitrogens with one attached hydrogen (secondary N) is 2. The highest BCUT2D eigenvalue weighted by Crippen LogP contribution is 2.21. The maximum atomic E-state index is 12.8. The fraction of sp³-hybridized carbons (Fsp3) is 0.391. The summed E-state index contributed by atoms with van der Waals surface area (Å²) in [6.45, 7) is 11.6. The number of hydrogen-bond donors (Lipinski definition) is 2. The Morgan fingerprint density at radius 2 is 1.64 bits per heavy atom. The molecule has 1 atom stereocenters. The van der Waals surface area contributed by atoms with Crippen molar-refractivity contribution in [3.63, 3.8) is 0 Å². The average Bonchev–Trinajstić information content (AvgIpc) is 2.57. The number of aryl methyl sites for hydroxylation is 2. The zero-order valence-electron chi connectivity index (χ0n) is 17.6. The number of amides is 2. The van der Waals surface area contributed by atoms with Crippen molar-refractivity contribution in [3.05, 3.63) is 59.2 Å². The molecule has 5 nitrogen and oxygen atoms in total. The van der Waals surface area contributed by atoms with Gasteiger partial charge in [0.05, 0.1) is 11.3 Å². The molecule has 0 aromatic heterocycles. The third-order valence-electron chi connectivity index (χ3n) is 4.05. The molecular weight excluding hydrogens is 352 g/mol. The number of para-hydroxylation sites is 1. The highest BCUT2D eigenvalue weighted by atomic mass is 16.5. The molecule has 2 amide bonds. The number of benzene rings is 2. The monoisotopic (exact) mass is 382 g/mol. The first-order valence-corrected chi connectivity index (χ1v) is 9.56. The van der Waals surface area contributed by atoms with Gasteiger partial charge in [0.1, 0.15) is 5.75 Å². The van der Waals surface area contributed by atoms with E-state index in [2.05, 4.69) is 16.7 Å². The van der Waals surface area contributed by atoms with Crippen LogP contribution in [0.4, 0.5) is 5.69 Å². The minimum atomic E-state index is -0.653. The molecule has 28 heavy (non-hydrogen) atoms. The number of rotatable bonds is 6. The smallest absolute Gasteiger partial charge is 0.265 e. The Morgan fingerprint density at radius 3 is 2.21 bits per heavy atom. The normalized spacial score (nSPS) is 12.2. The molecule has 0 unspecified atom stereocenters. The van der Waals surface area contributed by atoms with E-state index in [-0.39, 0.29) is 17.4 Å². The summed E-state index contributed by atoms with van der Waals surface area (Å²) in [7, 11) is 0. The summed E-state index contributed by atoms with van der Waals surface area (Å²) in [4.78, 5) is 25.4. The maximum Gasteiger partial charge on any atom is 0.265 e. The van der Waals surface area contributed by atoms with Crippen molar-refractivity contribution in [2.45, 2.75) is 59.6 Å². The molecular formula is C23H30N2O3. The standard InChI is InChI=1S/C23H30N2O3/c1-7-20(28-17-13-15(2)12-16(3)14-17)22(27)24-19-11-9-8-10-18(19)21(26)25-23(4,5)6/h8-14,20H,7H2,1-6H3,(H,24,27)(H,25,26)/t20-/m0/s1. The molecule has 0 bridgehead atoms. The summed E-state index contributed by atoms with van der Waals surface area (Å²) in [6, 6.07) is 12.9. The first-order valence-electron chi connectivity index (χ1n) is 9.56.